The number of hydroxylamine groups is 1. The van der Waals surface area contributed by atoms with Crippen molar-refractivity contribution in [3.05, 3.63) is 42.1 Å². The van der Waals surface area contributed by atoms with Crippen LogP contribution in [0.2, 0.25) is 0 Å². The summed E-state index contributed by atoms with van der Waals surface area (Å²) in [7, 11) is 0. The van der Waals surface area contributed by atoms with Gasteiger partial charge in [-0.3, -0.25) is 9.59 Å². The highest BCUT2D eigenvalue weighted by Crippen LogP contribution is 2.29. The average Bonchev–Trinajstić information content (AvgIpc) is 3.51. The van der Waals surface area contributed by atoms with Crippen molar-refractivity contribution in [2.75, 3.05) is 11.9 Å². The number of esters is 1. The summed E-state index contributed by atoms with van der Waals surface area (Å²) in [5.74, 6) is 0.619. The minimum atomic E-state index is -0.451. The quantitative estimate of drug-likeness (QED) is 0.0616. The van der Waals surface area contributed by atoms with Crippen LogP contribution in [-0.2, 0) is 30.4 Å². The molecule has 2 aliphatic carbocycles. The van der Waals surface area contributed by atoms with Crippen LogP contribution in [0.25, 0.3) is 0 Å². The second-order valence-electron chi connectivity index (χ2n) is 12.9. The first-order valence-electron chi connectivity index (χ1n) is 16.8. The highest BCUT2D eigenvalue weighted by molar-refractivity contribution is 5.76. The van der Waals surface area contributed by atoms with E-state index in [1.165, 1.54) is 19.3 Å². The van der Waals surface area contributed by atoms with Crippen LogP contribution in [-0.4, -0.2) is 36.9 Å². The lowest BCUT2D eigenvalue weighted by Gasteiger charge is -2.30. The number of ether oxygens (including phenoxy) is 2. The highest BCUT2D eigenvalue weighted by atomic mass is 16.8. The molecule has 0 aliphatic heterocycles. The zero-order chi connectivity index (χ0) is 30.9. The minimum absolute atomic E-state index is 0.0528. The van der Waals surface area contributed by atoms with Gasteiger partial charge in [-0.05, 0) is 94.2 Å². The predicted molar refractivity (Wildman–Crippen MR) is 172 cm³/mol. The SMILES string of the molecule is C=C(CCCCCCC(=O)NOC(C)OCC(C)C)Nc1ccc(CN[C@H](C(=O)OC2CCCC2)C2CCCCC2)cc1. The Morgan fingerprint density at radius 2 is 1.53 bits per heavy atom. The van der Waals surface area contributed by atoms with Gasteiger partial charge < -0.3 is 20.1 Å². The molecule has 0 radical (unpaired) electrons. The molecule has 8 nitrogen and oxygen atoms in total. The molecule has 0 saturated heterocycles. The molecule has 1 unspecified atom stereocenters. The Labute approximate surface area is 260 Å². The highest BCUT2D eigenvalue weighted by Gasteiger charge is 2.32. The van der Waals surface area contributed by atoms with Crippen molar-refractivity contribution in [1.29, 1.82) is 0 Å². The molecule has 0 spiro atoms. The van der Waals surface area contributed by atoms with E-state index < -0.39 is 6.29 Å². The zero-order valence-corrected chi connectivity index (χ0v) is 27.0. The van der Waals surface area contributed by atoms with Gasteiger partial charge in [0.25, 0.3) is 0 Å². The summed E-state index contributed by atoms with van der Waals surface area (Å²) in [5, 5.41) is 6.98. The second kappa shape index (κ2) is 19.8. The van der Waals surface area contributed by atoms with E-state index in [2.05, 4.69) is 60.8 Å². The van der Waals surface area contributed by atoms with Gasteiger partial charge in [0.1, 0.15) is 12.1 Å². The standard InChI is InChI=1S/C35H57N3O5/c1-26(2)25-41-28(4)43-38-33(39)19-11-6-5-8-14-27(3)37-31-22-20-29(21-23-31)24-36-34(30-15-9-7-10-16-30)35(40)42-32-17-12-13-18-32/h20-23,26,28,30,32,34,36-37H,3,5-19,24-25H2,1-2,4H3,(H,38,39)/t28?,34-/m0/s1. The number of benzene rings is 1. The molecular formula is C35H57N3O5. The van der Waals surface area contributed by atoms with E-state index in [9.17, 15) is 9.59 Å². The van der Waals surface area contributed by atoms with Crippen molar-refractivity contribution in [3.63, 3.8) is 0 Å². The second-order valence-corrected chi connectivity index (χ2v) is 12.9. The Hall–Kier alpha value is -2.42. The number of unbranched alkanes of at least 4 members (excludes halogenated alkanes) is 3. The van der Waals surface area contributed by atoms with Gasteiger partial charge in [0.2, 0.25) is 5.91 Å². The Bertz CT molecular complexity index is 955. The lowest BCUT2D eigenvalue weighted by molar-refractivity contribution is -0.183. The number of carbonyl (C=O) groups is 2. The molecule has 3 N–H and O–H groups in total. The first kappa shape index (κ1) is 35.1. The Kier molecular flexibility index (Phi) is 16.1. The van der Waals surface area contributed by atoms with Gasteiger partial charge >= 0.3 is 5.97 Å². The largest absolute Gasteiger partial charge is 0.461 e. The molecule has 43 heavy (non-hydrogen) atoms. The molecule has 3 rings (SSSR count). The van der Waals surface area contributed by atoms with Crippen molar-refractivity contribution < 1.29 is 23.9 Å². The minimum Gasteiger partial charge on any atom is -0.461 e. The molecule has 2 aliphatic rings. The number of hydrogen-bond donors (Lipinski definition) is 3. The van der Waals surface area contributed by atoms with E-state index in [0.29, 0.717) is 31.4 Å². The smallest absolute Gasteiger partial charge is 0.323 e. The van der Waals surface area contributed by atoms with E-state index >= 15 is 0 Å². The maximum atomic E-state index is 13.1. The van der Waals surface area contributed by atoms with Crippen molar-refractivity contribution in [2.45, 2.75) is 142 Å². The van der Waals surface area contributed by atoms with Gasteiger partial charge in [-0.2, -0.15) is 0 Å². The Morgan fingerprint density at radius 1 is 0.884 bits per heavy atom. The predicted octanol–water partition coefficient (Wildman–Crippen LogP) is 7.54. The summed E-state index contributed by atoms with van der Waals surface area (Å²) in [6.07, 6.45) is 15.1. The normalized spacial score (nSPS) is 17.5. The third-order valence-corrected chi connectivity index (χ3v) is 8.40. The van der Waals surface area contributed by atoms with Gasteiger partial charge in [-0.25, -0.2) is 10.3 Å². The molecule has 242 valence electrons. The average molecular weight is 600 g/mol. The van der Waals surface area contributed by atoms with Gasteiger partial charge in [-0.1, -0.05) is 64.7 Å². The maximum Gasteiger partial charge on any atom is 0.323 e. The summed E-state index contributed by atoms with van der Waals surface area (Å²) < 4.78 is 11.4. The Morgan fingerprint density at radius 3 is 2.21 bits per heavy atom. The van der Waals surface area contributed by atoms with Gasteiger partial charge in [0, 0.05) is 24.4 Å². The summed E-state index contributed by atoms with van der Waals surface area (Å²) in [6, 6.07) is 8.14. The number of nitrogens with one attached hydrogen (secondary N) is 3. The zero-order valence-electron chi connectivity index (χ0n) is 27.0. The number of allylic oxidation sites excluding steroid dienone is 1. The van der Waals surface area contributed by atoms with Gasteiger partial charge in [-0.15, -0.1) is 0 Å². The van der Waals surface area contributed by atoms with Crippen LogP contribution < -0.4 is 16.1 Å². The van der Waals surface area contributed by atoms with E-state index in [1.807, 2.05) is 0 Å². The molecule has 2 atom stereocenters. The lowest BCUT2D eigenvalue weighted by atomic mass is 9.83. The summed E-state index contributed by atoms with van der Waals surface area (Å²) in [4.78, 5) is 30.3. The van der Waals surface area contributed by atoms with Crippen molar-refractivity contribution >= 4 is 17.6 Å². The van der Waals surface area contributed by atoms with E-state index in [-0.39, 0.29) is 24.0 Å². The first-order valence-corrected chi connectivity index (χ1v) is 16.8. The summed E-state index contributed by atoms with van der Waals surface area (Å²) in [5.41, 5.74) is 5.63. The molecule has 0 bridgehead atoms. The van der Waals surface area contributed by atoms with Crippen LogP contribution in [0, 0.1) is 11.8 Å². The molecule has 8 heteroatoms. The van der Waals surface area contributed by atoms with Crippen molar-refractivity contribution in [1.82, 2.24) is 10.8 Å². The molecule has 1 aromatic carbocycles. The van der Waals surface area contributed by atoms with Crippen LogP contribution in [0.15, 0.2) is 36.5 Å². The number of rotatable bonds is 20. The maximum absolute atomic E-state index is 13.1. The Balaban J connectivity index is 1.29. The number of carbonyl (C=O) groups excluding carboxylic acids is 2. The summed E-state index contributed by atoms with van der Waals surface area (Å²) in [6.45, 7) is 11.4. The van der Waals surface area contributed by atoms with Crippen molar-refractivity contribution in [2.24, 2.45) is 11.8 Å². The number of anilines is 1. The molecule has 0 heterocycles. The van der Waals surface area contributed by atoms with Crippen LogP contribution in [0.4, 0.5) is 5.69 Å². The molecular weight excluding hydrogens is 542 g/mol. The number of hydrogen-bond acceptors (Lipinski definition) is 7. The topological polar surface area (TPSA) is 97.9 Å². The van der Waals surface area contributed by atoms with Crippen molar-refractivity contribution in [3.8, 4) is 0 Å². The fourth-order valence-corrected chi connectivity index (χ4v) is 5.89. The lowest BCUT2D eigenvalue weighted by Crippen LogP contribution is -2.45. The summed E-state index contributed by atoms with van der Waals surface area (Å²) >= 11 is 0. The first-order chi connectivity index (χ1) is 20.8. The fraction of sp³-hybridized carbons (Fsp3) is 0.714. The molecule has 0 aromatic heterocycles. The monoisotopic (exact) mass is 599 g/mol. The number of amides is 1. The van der Waals surface area contributed by atoms with E-state index in [4.69, 9.17) is 14.3 Å². The van der Waals surface area contributed by atoms with Crippen LogP contribution in [0.5, 0.6) is 0 Å². The van der Waals surface area contributed by atoms with E-state index in [0.717, 1.165) is 87.6 Å². The third-order valence-electron chi connectivity index (χ3n) is 8.40. The molecule has 1 aromatic rings. The van der Waals surface area contributed by atoms with Crippen LogP contribution in [0.1, 0.15) is 123 Å². The van der Waals surface area contributed by atoms with Gasteiger partial charge in [0.15, 0.2) is 6.29 Å². The van der Waals surface area contributed by atoms with Gasteiger partial charge in [0.05, 0.1) is 6.61 Å². The fourth-order valence-electron chi connectivity index (χ4n) is 5.89. The third kappa shape index (κ3) is 14.3. The molecule has 2 fully saturated rings. The van der Waals surface area contributed by atoms with E-state index in [1.54, 1.807) is 6.92 Å². The molecule has 1 amide bonds. The van der Waals surface area contributed by atoms with Crippen LogP contribution >= 0.6 is 0 Å². The van der Waals surface area contributed by atoms with Crippen LogP contribution in [0.3, 0.4) is 0 Å². The molecule has 2 saturated carbocycles.